The van der Waals surface area contributed by atoms with Gasteiger partial charge in [0.05, 0.1) is 34.3 Å². The van der Waals surface area contributed by atoms with E-state index < -0.39 is 40.6 Å². The number of rotatable bonds is 4. The lowest BCUT2D eigenvalue weighted by molar-refractivity contribution is -0.143. The fourth-order valence-electron chi connectivity index (χ4n) is 3.65. The van der Waals surface area contributed by atoms with E-state index in [1.165, 1.54) is 12.1 Å². The van der Waals surface area contributed by atoms with Gasteiger partial charge < -0.3 is 14.7 Å². The van der Waals surface area contributed by atoms with Gasteiger partial charge in [0, 0.05) is 25.1 Å². The van der Waals surface area contributed by atoms with Crippen molar-refractivity contribution in [2.45, 2.75) is 24.4 Å². The number of nitrogens with zero attached hydrogens (tertiary/aromatic N) is 1. The van der Waals surface area contributed by atoms with Crippen molar-refractivity contribution in [3.63, 3.8) is 0 Å². The van der Waals surface area contributed by atoms with Gasteiger partial charge in [0.15, 0.2) is 0 Å². The molecule has 1 amide bonds. The van der Waals surface area contributed by atoms with Crippen LogP contribution in [0, 0.1) is 0 Å². The predicted octanol–water partition coefficient (Wildman–Crippen LogP) is 5.78. The second-order valence-electron chi connectivity index (χ2n) is 7.47. The van der Waals surface area contributed by atoms with E-state index in [2.05, 4.69) is 0 Å². The van der Waals surface area contributed by atoms with Crippen molar-refractivity contribution >= 4 is 29.1 Å². The summed E-state index contributed by atoms with van der Waals surface area (Å²) in [6.07, 6.45) is -10.2. The predicted molar refractivity (Wildman–Crippen MR) is 108 cm³/mol. The Morgan fingerprint density at radius 2 is 1.61 bits per heavy atom. The molecule has 2 aromatic rings. The molecule has 180 valence electrons. The summed E-state index contributed by atoms with van der Waals surface area (Å²) in [7, 11) is 0. The van der Waals surface area contributed by atoms with Crippen molar-refractivity contribution in [1.82, 2.24) is 4.90 Å². The molecule has 1 aliphatic rings. The normalized spacial score (nSPS) is 19.6. The Kier molecular flexibility index (Phi) is 7.24. The van der Waals surface area contributed by atoms with E-state index in [9.17, 15) is 36.2 Å². The number of hydrogen-bond donors (Lipinski definition) is 1. The summed E-state index contributed by atoms with van der Waals surface area (Å²) in [5.41, 5.74) is -4.76. The van der Waals surface area contributed by atoms with E-state index in [0.29, 0.717) is 17.7 Å². The smallest absolute Gasteiger partial charge is 0.396 e. The quantitative estimate of drug-likeness (QED) is 0.525. The van der Waals surface area contributed by atoms with E-state index in [4.69, 9.17) is 27.9 Å². The minimum absolute atomic E-state index is 0.00880. The van der Waals surface area contributed by atoms with Crippen molar-refractivity contribution < 1.29 is 41.0 Å². The van der Waals surface area contributed by atoms with Crippen molar-refractivity contribution in [2.24, 2.45) is 0 Å². The number of alkyl halides is 6. The molecule has 1 fully saturated rings. The average Bonchev–Trinajstić information content (AvgIpc) is 2.74. The van der Waals surface area contributed by atoms with Gasteiger partial charge in [0.2, 0.25) is 0 Å². The average molecular weight is 516 g/mol. The van der Waals surface area contributed by atoms with Crippen LogP contribution >= 0.6 is 23.2 Å². The first-order valence-electron chi connectivity index (χ1n) is 9.56. The first-order valence-corrected chi connectivity index (χ1v) is 10.3. The molecule has 0 saturated carbocycles. The molecule has 0 spiro atoms. The lowest BCUT2D eigenvalue weighted by atomic mass is 9.88. The van der Waals surface area contributed by atoms with Crippen molar-refractivity contribution in [2.75, 3.05) is 26.3 Å². The second kappa shape index (κ2) is 9.32. The Balaban J connectivity index is 2.01. The van der Waals surface area contributed by atoms with Gasteiger partial charge in [-0.25, -0.2) is 0 Å². The van der Waals surface area contributed by atoms with E-state index in [1.807, 2.05) is 0 Å². The number of carbonyl (C=O) groups excluding carboxylic acids is 1. The number of aliphatic hydroxyl groups excluding tert-OH is 1. The Morgan fingerprint density at radius 1 is 1.00 bits per heavy atom. The maximum absolute atomic E-state index is 13.2. The number of morpholine rings is 1. The first-order chi connectivity index (χ1) is 15.3. The monoisotopic (exact) mass is 515 g/mol. The lowest BCUT2D eigenvalue weighted by Crippen LogP contribution is -2.52. The Labute approximate surface area is 194 Å². The van der Waals surface area contributed by atoms with E-state index >= 15 is 0 Å². The van der Waals surface area contributed by atoms with Gasteiger partial charge in [-0.05, 0) is 35.9 Å². The third kappa shape index (κ3) is 5.56. The number of hydrogen-bond acceptors (Lipinski definition) is 3. The highest BCUT2D eigenvalue weighted by molar-refractivity contribution is 6.42. The largest absolute Gasteiger partial charge is 0.416 e. The van der Waals surface area contributed by atoms with Crippen molar-refractivity contribution in [1.29, 1.82) is 0 Å². The van der Waals surface area contributed by atoms with Gasteiger partial charge in [-0.1, -0.05) is 29.3 Å². The Hall–Kier alpha value is -2.01. The topological polar surface area (TPSA) is 49.8 Å². The van der Waals surface area contributed by atoms with E-state index in [1.54, 1.807) is 6.07 Å². The molecule has 1 aliphatic heterocycles. The maximum Gasteiger partial charge on any atom is 0.416 e. The van der Waals surface area contributed by atoms with E-state index in [0.717, 1.165) is 4.90 Å². The second-order valence-corrected chi connectivity index (χ2v) is 8.28. The van der Waals surface area contributed by atoms with Crippen molar-refractivity contribution in [3.05, 3.63) is 68.7 Å². The first kappa shape index (κ1) is 25.6. The summed E-state index contributed by atoms with van der Waals surface area (Å²) >= 11 is 12.0. The van der Waals surface area contributed by atoms with Crippen LogP contribution in [0.2, 0.25) is 10.0 Å². The molecule has 12 heteroatoms. The minimum atomic E-state index is -5.08. The van der Waals surface area contributed by atoms with Crippen molar-refractivity contribution in [3.8, 4) is 0 Å². The summed E-state index contributed by atoms with van der Waals surface area (Å²) in [6, 6.07) is 5.25. The lowest BCUT2D eigenvalue weighted by Gasteiger charge is -2.43. The van der Waals surface area contributed by atoms with Gasteiger partial charge in [-0.3, -0.25) is 4.79 Å². The fraction of sp³-hybridized carbons (Fsp3) is 0.381. The number of ether oxygens (including phenoxy) is 1. The highest BCUT2D eigenvalue weighted by Gasteiger charge is 2.42. The Bertz CT molecular complexity index is 1010. The summed E-state index contributed by atoms with van der Waals surface area (Å²) in [5, 5.41) is 9.99. The molecule has 1 atom stereocenters. The molecule has 0 radical (unpaired) electrons. The highest BCUT2D eigenvalue weighted by Crippen LogP contribution is 2.39. The number of amides is 1. The SMILES string of the molecule is O=C(c1cc(C(F)(F)F)cc(C(F)(F)F)c1)N1CCO[C@@](CCO)(c2ccc(Cl)c(Cl)c2)C1. The van der Waals surface area contributed by atoms with Crippen LogP contribution in [0.3, 0.4) is 0 Å². The molecule has 0 unspecified atom stereocenters. The van der Waals surface area contributed by atoms with Crippen LogP contribution in [-0.4, -0.2) is 42.2 Å². The molecule has 1 saturated heterocycles. The van der Waals surface area contributed by atoms with Gasteiger partial charge >= 0.3 is 12.4 Å². The molecular weight excluding hydrogens is 499 g/mol. The summed E-state index contributed by atoms with van der Waals surface area (Å²) in [5.74, 6) is -1.03. The number of halogens is 8. The fourth-order valence-corrected chi connectivity index (χ4v) is 3.95. The van der Waals surface area contributed by atoms with Gasteiger partial charge in [0.1, 0.15) is 5.60 Å². The van der Waals surface area contributed by atoms with Crippen LogP contribution in [0.25, 0.3) is 0 Å². The third-order valence-corrected chi connectivity index (χ3v) is 6.01. The van der Waals surface area contributed by atoms with Crippen LogP contribution in [0.15, 0.2) is 36.4 Å². The molecule has 2 aromatic carbocycles. The van der Waals surface area contributed by atoms with Crippen LogP contribution in [-0.2, 0) is 22.7 Å². The van der Waals surface area contributed by atoms with Crippen LogP contribution in [0.5, 0.6) is 0 Å². The van der Waals surface area contributed by atoms with Crippen LogP contribution < -0.4 is 0 Å². The van der Waals surface area contributed by atoms with Crippen LogP contribution in [0.4, 0.5) is 26.3 Å². The zero-order chi connectivity index (χ0) is 24.6. The minimum Gasteiger partial charge on any atom is -0.396 e. The molecule has 1 N–H and O–H groups in total. The number of carbonyl (C=O) groups is 1. The summed E-state index contributed by atoms with van der Waals surface area (Å²) in [6.45, 7) is -0.756. The molecule has 0 aromatic heterocycles. The van der Waals surface area contributed by atoms with Crippen LogP contribution in [0.1, 0.15) is 33.5 Å². The maximum atomic E-state index is 13.2. The zero-order valence-electron chi connectivity index (χ0n) is 16.7. The standard InChI is InChI=1S/C21H17Cl2F6NO3/c22-16-2-1-13(10-17(16)23)19(3-5-31)11-30(4-6-33-19)18(32)12-7-14(20(24,25)26)9-15(8-12)21(27,28)29/h1-2,7-10,31H,3-6,11H2/t19-/m1/s1. The molecule has 1 heterocycles. The molecule has 0 aliphatic carbocycles. The molecular formula is C21H17Cl2F6NO3. The van der Waals surface area contributed by atoms with E-state index in [-0.39, 0.29) is 48.8 Å². The number of aliphatic hydroxyl groups is 1. The van der Waals surface area contributed by atoms with Gasteiger partial charge in [-0.15, -0.1) is 0 Å². The molecule has 4 nitrogen and oxygen atoms in total. The molecule has 0 bridgehead atoms. The third-order valence-electron chi connectivity index (χ3n) is 5.27. The van der Waals surface area contributed by atoms with Gasteiger partial charge in [-0.2, -0.15) is 26.3 Å². The molecule has 3 rings (SSSR count). The number of benzene rings is 2. The van der Waals surface area contributed by atoms with Gasteiger partial charge in [0.25, 0.3) is 5.91 Å². The summed E-state index contributed by atoms with van der Waals surface area (Å²) in [4.78, 5) is 14.1. The zero-order valence-corrected chi connectivity index (χ0v) is 18.2. The molecule has 33 heavy (non-hydrogen) atoms. The highest BCUT2D eigenvalue weighted by atomic mass is 35.5. The Morgan fingerprint density at radius 3 is 2.12 bits per heavy atom. The summed E-state index contributed by atoms with van der Waals surface area (Å²) < 4.78 is 85.0.